The largest absolute Gasteiger partial charge is 0.264 e. The highest BCUT2D eigenvalue weighted by atomic mass is 79.9. The van der Waals surface area contributed by atoms with Crippen LogP contribution in [0, 0.1) is 0 Å². The quantitative estimate of drug-likeness (QED) is 0.701. The van der Waals surface area contributed by atoms with Gasteiger partial charge in [-0.25, -0.2) is 0 Å². The number of hydrogen-bond acceptors (Lipinski definition) is 1. The summed E-state index contributed by atoms with van der Waals surface area (Å²) in [4.78, 5) is 3.93. The van der Waals surface area contributed by atoms with Crippen molar-refractivity contribution in [3.8, 4) is 0 Å². The first kappa shape index (κ1) is 9.11. The Morgan fingerprint density at radius 1 is 1.56 bits per heavy atom. The Kier molecular flexibility index (Phi) is 5.00. The molecule has 0 unspecified atom stereocenters. The van der Waals surface area contributed by atoms with Gasteiger partial charge in [0.05, 0.1) is 0 Å². The molecule has 0 aliphatic heterocycles. The van der Waals surface area contributed by atoms with Crippen molar-refractivity contribution in [1.82, 2.24) is 4.98 Å². The number of hydrogen-bond donors (Lipinski definition) is 0. The molecule has 0 atom stereocenters. The van der Waals surface area contributed by atoms with Gasteiger partial charge in [-0.2, -0.15) is 0 Å². The van der Waals surface area contributed by atoms with Crippen LogP contribution in [0.25, 0.3) is 0 Å². The maximum absolute atomic E-state index is 3.93. The first-order chi connectivity index (χ1) is 3.93. The molecule has 0 aromatic carbocycles. The lowest BCUT2D eigenvalue weighted by Gasteiger charge is -1.87. The van der Waals surface area contributed by atoms with Crippen LogP contribution in [0.1, 0.15) is 5.56 Å². The number of alkyl halides is 1. The van der Waals surface area contributed by atoms with Gasteiger partial charge in [0.1, 0.15) is 0 Å². The SMILES string of the molecule is Br.BrCc1cccnc1. The molecule has 0 radical (unpaired) electrons. The molecule has 0 fully saturated rings. The summed E-state index contributed by atoms with van der Waals surface area (Å²) in [7, 11) is 0. The molecule has 0 saturated heterocycles. The van der Waals surface area contributed by atoms with Gasteiger partial charge >= 0.3 is 0 Å². The maximum Gasteiger partial charge on any atom is 0.0308 e. The third-order valence-electron chi connectivity index (χ3n) is 0.877. The molecule has 0 N–H and O–H groups in total. The number of nitrogens with zero attached hydrogens (tertiary/aromatic N) is 1. The average molecular weight is 253 g/mol. The minimum Gasteiger partial charge on any atom is -0.264 e. The van der Waals surface area contributed by atoms with E-state index in [1.807, 2.05) is 18.3 Å². The van der Waals surface area contributed by atoms with E-state index >= 15 is 0 Å². The highest BCUT2D eigenvalue weighted by Crippen LogP contribution is 2.00. The molecule has 9 heavy (non-hydrogen) atoms. The van der Waals surface area contributed by atoms with Crippen LogP contribution in [0.5, 0.6) is 0 Å². The molecule has 0 bridgehead atoms. The number of halogens is 2. The van der Waals surface area contributed by atoms with Crippen LogP contribution in [0.3, 0.4) is 0 Å². The van der Waals surface area contributed by atoms with E-state index in [-0.39, 0.29) is 17.0 Å². The Morgan fingerprint density at radius 2 is 2.33 bits per heavy atom. The van der Waals surface area contributed by atoms with Gasteiger partial charge in [0, 0.05) is 17.7 Å². The summed E-state index contributed by atoms with van der Waals surface area (Å²) in [5.41, 5.74) is 1.22. The van der Waals surface area contributed by atoms with E-state index in [4.69, 9.17) is 0 Å². The second-order valence-electron chi connectivity index (χ2n) is 1.49. The highest BCUT2D eigenvalue weighted by molar-refractivity contribution is 9.08. The molecule has 1 rings (SSSR count). The molecular weight excluding hydrogens is 246 g/mol. The lowest BCUT2D eigenvalue weighted by atomic mass is 10.3. The summed E-state index contributed by atoms with van der Waals surface area (Å²) in [5, 5.41) is 0.890. The van der Waals surface area contributed by atoms with Gasteiger partial charge < -0.3 is 0 Å². The van der Waals surface area contributed by atoms with Crippen molar-refractivity contribution >= 4 is 32.9 Å². The van der Waals surface area contributed by atoms with Crippen LogP contribution in [0.4, 0.5) is 0 Å². The summed E-state index contributed by atoms with van der Waals surface area (Å²) >= 11 is 3.32. The second kappa shape index (κ2) is 4.94. The second-order valence-corrected chi connectivity index (χ2v) is 2.06. The van der Waals surface area contributed by atoms with Gasteiger partial charge in [0.2, 0.25) is 0 Å². The van der Waals surface area contributed by atoms with Crippen LogP contribution < -0.4 is 0 Å². The monoisotopic (exact) mass is 251 g/mol. The van der Waals surface area contributed by atoms with Crippen molar-refractivity contribution < 1.29 is 0 Å². The average Bonchev–Trinajstić information content (AvgIpc) is 1.90. The van der Waals surface area contributed by atoms with Gasteiger partial charge in [0.25, 0.3) is 0 Å². The smallest absolute Gasteiger partial charge is 0.0308 e. The molecule has 1 heterocycles. The molecule has 1 aromatic heterocycles. The van der Waals surface area contributed by atoms with Crippen molar-refractivity contribution in [2.45, 2.75) is 5.33 Å². The van der Waals surface area contributed by atoms with Crippen LogP contribution in [0.15, 0.2) is 24.5 Å². The van der Waals surface area contributed by atoms with Crippen molar-refractivity contribution in [3.63, 3.8) is 0 Å². The molecule has 0 aliphatic rings. The fourth-order valence-electron chi connectivity index (χ4n) is 0.477. The van der Waals surface area contributed by atoms with Gasteiger partial charge in [-0.15, -0.1) is 17.0 Å². The highest BCUT2D eigenvalue weighted by Gasteiger charge is 1.82. The zero-order valence-electron chi connectivity index (χ0n) is 4.75. The van der Waals surface area contributed by atoms with E-state index in [1.54, 1.807) is 6.20 Å². The van der Waals surface area contributed by atoms with Gasteiger partial charge in [0.15, 0.2) is 0 Å². The molecule has 50 valence electrons. The normalized spacial score (nSPS) is 8.11. The van der Waals surface area contributed by atoms with Gasteiger partial charge in [-0.05, 0) is 11.6 Å². The summed E-state index contributed by atoms with van der Waals surface area (Å²) in [6, 6.07) is 3.96. The first-order valence-electron chi connectivity index (χ1n) is 2.38. The van der Waals surface area contributed by atoms with Crippen molar-refractivity contribution in [2.24, 2.45) is 0 Å². The Bertz CT molecular complexity index is 152. The molecular formula is C6H7Br2N. The van der Waals surface area contributed by atoms with Gasteiger partial charge in [-0.3, -0.25) is 4.98 Å². The third kappa shape index (κ3) is 2.96. The maximum atomic E-state index is 3.93. The first-order valence-corrected chi connectivity index (χ1v) is 3.50. The zero-order valence-corrected chi connectivity index (χ0v) is 8.05. The Morgan fingerprint density at radius 3 is 2.67 bits per heavy atom. The van der Waals surface area contributed by atoms with Crippen molar-refractivity contribution in [1.29, 1.82) is 0 Å². The molecule has 0 spiro atoms. The van der Waals surface area contributed by atoms with Crippen molar-refractivity contribution in [2.75, 3.05) is 0 Å². The summed E-state index contributed by atoms with van der Waals surface area (Å²) in [5.74, 6) is 0. The minimum atomic E-state index is 0. The van der Waals surface area contributed by atoms with Crippen LogP contribution in [-0.4, -0.2) is 4.98 Å². The molecule has 0 aliphatic carbocycles. The summed E-state index contributed by atoms with van der Waals surface area (Å²) < 4.78 is 0. The van der Waals surface area contributed by atoms with E-state index in [1.165, 1.54) is 5.56 Å². The zero-order chi connectivity index (χ0) is 5.82. The lowest BCUT2D eigenvalue weighted by Crippen LogP contribution is -1.75. The predicted octanol–water partition coefficient (Wildman–Crippen LogP) is 2.55. The molecule has 0 saturated carbocycles. The molecule has 1 aromatic rings. The van der Waals surface area contributed by atoms with Crippen LogP contribution in [-0.2, 0) is 5.33 Å². The lowest BCUT2D eigenvalue weighted by molar-refractivity contribution is 1.26. The molecule has 1 nitrogen and oxygen atoms in total. The summed E-state index contributed by atoms with van der Waals surface area (Å²) in [6.07, 6.45) is 3.61. The van der Waals surface area contributed by atoms with Crippen LogP contribution in [0.2, 0.25) is 0 Å². The third-order valence-corrected chi connectivity index (χ3v) is 1.52. The van der Waals surface area contributed by atoms with E-state index in [2.05, 4.69) is 20.9 Å². The topological polar surface area (TPSA) is 12.9 Å². The number of pyridine rings is 1. The number of aromatic nitrogens is 1. The van der Waals surface area contributed by atoms with E-state index < -0.39 is 0 Å². The standard InChI is InChI=1S/C6H6BrN.BrH/c7-4-6-2-1-3-8-5-6;/h1-3,5H,4H2;1H. The van der Waals surface area contributed by atoms with E-state index in [9.17, 15) is 0 Å². The van der Waals surface area contributed by atoms with E-state index in [0.29, 0.717) is 0 Å². The fourth-order valence-corrected chi connectivity index (χ4v) is 0.809. The minimum absolute atomic E-state index is 0. The fraction of sp³-hybridized carbons (Fsp3) is 0.167. The van der Waals surface area contributed by atoms with E-state index in [0.717, 1.165) is 5.33 Å². The molecule has 3 heteroatoms. The van der Waals surface area contributed by atoms with Gasteiger partial charge in [-0.1, -0.05) is 22.0 Å². The predicted molar refractivity (Wildman–Crippen MR) is 47.2 cm³/mol. The summed E-state index contributed by atoms with van der Waals surface area (Å²) in [6.45, 7) is 0. The van der Waals surface area contributed by atoms with Crippen LogP contribution >= 0.6 is 32.9 Å². The Balaban J connectivity index is 0.000000640. The number of rotatable bonds is 1. The molecule has 0 amide bonds. The Hall–Kier alpha value is 0.110. The Labute approximate surface area is 73.4 Å². The van der Waals surface area contributed by atoms with Crippen molar-refractivity contribution in [3.05, 3.63) is 30.1 Å².